The van der Waals surface area contributed by atoms with E-state index in [9.17, 15) is 14.9 Å². The average Bonchev–Trinajstić information content (AvgIpc) is 2.69. The van der Waals surface area contributed by atoms with Crippen molar-refractivity contribution in [3.8, 4) is 0 Å². The number of nitrogens with one attached hydrogen (secondary N) is 1. The van der Waals surface area contributed by atoms with Crippen molar-refractivity contribution in [3.63, 3.8) is 0 Å². The van der Waals surface area contributed by atoms with Gasteiger partial charge in [-0.25, -0.2) is 14.8 Å². The van der Waals surface area contributed by atoms with E-state index in [0.717, 1.165) is 11.3 Å². The molecule has 0 atom stereocenters. The van der Waals surface area contributed by atoms with Gasteiger partial charge in [-0.05, 0) is 25.5 Å². The van der Waals surface area contributed by atoms with Crippen LogP contribution in [0.4, 0.5) is 27.8 Å². The molecule has 1 saturated heterocycles. The molecule has 1 aromatic carbocycles. The number of nitrogens with zero attached hydrogens (tertiary/aromatic N) is 5. The number of benzene rings is 1. The first-order chi connectivity index (χ1) is 13.5. The summed E-state index contributed by atoms with van der Waals surface area (Å²) in [4.78, 5) is 34.8. The quantitative estimate of drug-likeness (QED) is 0.616. The Morgan fingerprint density at radius 2 is 1.96 bits per heavy atom. The number of rotatable bonds is 5. The molecule has 1 amide bonds. The molecule has 10 nitrogen and oxygen atoms in total. The fourth-order valence-corrected chi connectivity index (χ4v) is 3.02. The minimum atomic E-state index is -0.479. The van der Waals surface area contributed by atoms with E-state index in [-0.39, 0.29) is 23.4 Å². The van der Waals surface area contributed by atoms with Gasteiger partial charge in [-0.15, -0.1) is 0 Å². The smallest absolute Gasteiger partial charge is 0.409 e. The molecule has 1 aliphatic rings. The number of para-hydroxylation sites is 1. The molecule has 0 aliphatic carbocycles. The van der Waals surface area contributed by atoms with E-state index < -0.39 is 4.92 Å². The first kappa shape index (κ1) is 19.3. The lowest BCUT2D eigenvalue weighted by Crippen LogP contribution is -2.49. The molecule has 0 bridgehead atoms. The molecular weight excluding hydrogens is 364 g/mol. The number of anilines is 3. The van der Waals surface area contributed by atoms with Crippen LogP contribution >= 0.6 is 0 Å². The maximum absolute atomic E-state index is 11.8. The molecule has 1 aliphatic heterocycles. The van der Waals surface area contributed by atoms with Crippen molar-refractivity contribution in [2.75, 3.05) is 43.0 Å². The highest BCUT2D eigenvalue weighted by Crippen LogP contribution is 2.34. The summed E-state index contributed by atoms with van der Waals surface area (Å²) in [6.07, 6.45) is 0.932. The summed E-state index contributed by atoms with van der Waals surface area (Å²) in [6.45, 7) is 5.61. The number of aryl methyl sites for hydroxylation is 1. The Morgan fingerprint density at radius 3 is 2.61 bits per heavy atom. The molecule has 0 spiro atoms. The van der Waals surface area contributed by atoms with E-state index in [4.69, 9.17) is 4.74 Å². The second-order valence-corrected chi connectivity index (χ2v) is 6.26. The lowest BCUT2D eigenvalue weighted by molar-refractivity contribution is -0.383. The molecule has 28 heavy (non-hydrogen) atoms. The number of carbonyl (C=O) groups excluding carboxylic acids is 1. The van der Waals surface area contributed by atoms with Gasteiger partial charge in [0.1, 0.15) is 6.33 Å². The Morgan fingerprint density at radius 1 is 1.25 bits per heavy atom. The number of hydrogen-bond donors (Lipinski definition) is 1. The largest absolute Gasteiger partial charge is 0.450 e. The molecular formula is C18H22N6O4. The van der Waals surface area contributed by atoms with Crippen LogP contribution in [0.3, 0.4) is 0 Å². The van der Waals surface area contributed by atoms with Crippen molar-refractivity contribution in [2.24, 2.45) is 0 Å². The third kappa shape index (κ3) is 4.11. The minimum absolute atomic E-state index is 0.136. The standard InChI is InChI=1S/C18H22N6O4/c1-3-28-18(25)23-10-8-22(9-11-23)17-15(24(26)27)16(19-12-20-17)21-14-7-5-4-6-13(14)2/h4-7,12H,3,8-11H2,1-2H3,(H,19,20,21). The Balaban J connectivity index is 1.83. The summed E-state index contributed by atoms with van der Waals surface area (Å²) in [6, 6.07) is 7.48. The Bertz CT molecular complexity index is 867. The van der Waals surface area contributed by atoms with Gasteiger partial charge in [-0.3, -0.25) is 10.1 Å². The first-order valence-electron chi connectivity index (χ1n) is 9.00. The lowest BCUT2D eigenvalue weighted by atomic mass is 10.2. The summed E-state index contributed by atoms with van der Waals surface area (Å²) in [5, 5.41) is 14.8. The molecule has 3 rings (SSSR count). The number of aromatic nitrogens is 2. The molecule has 0 unspecified atom stereocenters. The second-order valence-electron chi connectivity index (χ2n) is 6.26. The summed E-state index contributed by atoms with van der Waals surface area (Å²) in [5.41, 5.74) is 1.50. The zero-order valence-electron chi connectivity index (χ0n) is 15.8. The molecule has 0 saturated carbocycles. The van der Waals surface area contributed by atoms with E-state index >= 15 is 0 Å². The summed E-state index contributed by atoms with van der Waals surface area (Å²) in [5.74, 6) is 0.372. The molecule has 148 valence electrons. The van der Waals surface area contributed by atoms with Crippen molar-refractivity contribution >= 4 is 29.1 Å². The van der Waals surface area contributed by atoms with Gasteiger partial charge < -0.3 is 19.9 Å². The van der Waals surface area contributed by atoms with E-state index in [0.29, 0.717) is 32.8 Å². The summed E-state index contributed by atoms with van der Waals surface area (Å²) >= 11 is 0. The van der Waals surface area contributed by atoms with Crippen LogP contribution in [0.2, 0.25) is 0 Å². The van der Waals surface area contributed by atoms with Crippen molar-refractivity contribution in [1.82, 2.24) is 14.9 Å². The predicted molar refractivity (Wildman–Crippen MR) is 104 cm³/mol. The van der Waals surface area contributed by atoms with Gasteiger partial charge in [-0.2, -0.15) is 0 Å². The monoisotopic (exact) mass is 386 g/mol. The van der Waals surface area contributed by atoms with Crippen LogP contribution in [-0.2, 0) is 4.74 Å². The van der Waals surface area contributed by atoms with Gasteiger partial charge in [0, 0.05) is 31.9 Å². The van der Waals surface area contributed by atoms with Crippen LogP contribution in [0.1, 0.15) is 12.5 Å². The van der Waals surface area contributed by atoms with Crippen LogP contribution in [0, 0.1) is 17.0 Å². The maximum atomic E-state index is 11.8. The number of piperazine rings is 1. The third-order valence-corrected chi connectivity index (χ3v) is 4.49. The number of nitro groups is 1. The van der Waals surface area contributed by atoms with Crippen LogP contribution in [-0.4, -0.2) is 58.7 Å². The molecule has 1 N–H and O–H groups in total. The Hall–Kier alpha value is -3.43. The number of ether oxygens (including phenoxy) is 1. The first-order valence-corrected chi connectivity index (χ1v) is 9.00. The predicted octanol–water partition coefficient (Wildman–Crippen LogP) is 2.72. The van der Waals surface area contributed by atoms with E-state index in [2.05, 4.69) is 15.3 Å². The number of carbonyl (C=O) groups is 1. The van der Waals surface area contributed by atoms with Gasteiger partial charge in [0.05, 0.1) is 11.5 Å². The van der Waals surface area contributed by atoms with Gasteiger partial charge in [0.2, 0.25) is 11.6 Å². The van der Waals surface area contributed by atoms with Crippen molar-refractivity contribution in [3.05, 3.63) is 46.3 Å². The topological polar surface area (TPSA) is 114 Å². The van der Waals surface area contributed by atoms with E-state index in [1.165, 1.54) is 6.33 Å². The minimum Gasteiger partial charge on any atom is -0.450 e. The van der Waals surface area contributed by atoms with Crippen LogP contribution in [0.25, 0.3) is 0 Å². The Labute approximate surface area is 162 Å². The number of hydrogen-bond acceptors (Lipinski definition) is 8. The fraction of sp³-hybridized carbons (Fsp3) is 0.389. The maximum Gasteiger partial charge on any atom is 0.409 e. The normalized spacial score (nSPS) is 13.9. The van der Waals surface area contributed by atoms with Crippen LogP contribution in [0.15, 0.2) is 30.6 Å². The zero-order valence-corrected chi connectivity index (χ0v) is 15.8. The highest BCUT2D eigenvalue weighted by atomic mass is 16.6. The van der Waals surface area contributed by atoms with E-state index in [1.807, 2.05) is 31.2 Å². The zero-order chi connectivity index (χ0) is 20.1. The highest BCUT2D eigenvalue weighted by Gasteiger charge is 2.30. The van der Waals surface area contributed by atoms with Gasteiger partial charge in [0.15, 0.2) is 0 Å². The SMILES string of the molecule is CCOC(=O)N1CCN(c2ncnc(Nc3ccccc3C)c2[N+](=O)[O-])CC1. The number of amides is 1. The summed E-state index contributed by atoms with van der Waals surface area (Å²) in [7, 11) is 0. The van der Waals surface area contributed by atoms with Crippen molar-refractivity contribution in [1.29, 1.82) is 0 Å². The van der Waals surface area contributed by atoms with E-state index in [1.54, 1.807) is 16.7 Å². The third-order valence-electron chi connectivity index (χ3n) is 4.49. The molecule has 10 heteroatoms. The average molecular weight is 386 g/mol. The Kier molecular flexibility index (Phi) is 5.87. The molecule has 0 radical (unpaired) electrons. The fourth-order valence-electron chi connectivity index (χ4n) is 3.02. The van der Waals surface area contributed by atoms with Gasteiger partial charge >= 0.3 is 11.8 Å². The lowest BCUT2D eigenvalue weighted by Gasteiger charge is -2.34. The van der Waals surface area contributed by atoms with Crippen molar-refractivity contribution in [2.45, 2.75) is 13.8 Å². The van der Waals surface area contributed by atoms with Crippen molar-refractivity contribution < 1.29 is 14.5 Å². The molecule has 1 aromatic heterocycles. The van der Waals surface area contributed by atoms with Gasteiger partial charge in [0.25, 0.3) is 0 Å². The molecule has 2 heterocycles. The van der Waals surface area contributed by atoms with Gasteiger partial charge in [-0.1, -0.05) is 18.2 Å². The molecule has 2 aromatic rings. The summed E-state index contributed by atoms with van der Waals surface area (Å²) < 4.78 is 5.01. The molecule has 1 fully saturated rings. The second kappa shape index (κ2) is 8.51. The van der Waals surface area contributed by atoms with Crippen LogP contribution in [0.5, 0.6) is 0 Å². The highest BCUT2D eigenvalue weighted by molar-refractivity contribution is 5.75. The van der Waals surface area contributed by atoms with Crippen LogP contribution < -0.4 is 10.2 Å².